The molecule has 1 N–H and O–H groups in total. The van der Waals surface area contributed by atoms with E-state index in [0.717, 1.165) is 6.20 Å². The van der Waals surface area contributed by atoms with Gasteiger partial charge in [0.25, 0.3) is 0 Å². The zero-order chi connectivity index (χ0) is 14.5. The smallest absolute Gasteiger partial charge is 0.141 e. The topological polar surface area (TPSA) is 24.9 Å². The molecule has 0 aliphatic carbocycles. The van der Waals surface area contributed by atoms with E-state index >= 15 is 0 Å². The molecular formula is C15H15ClF2N2. The summed E-state index contributed by atoms with van der Waals surface area (Å²) < 4.78 is 27.1. The highest BCUT2D eigenvalue weighted by molar-refractivity contribution is 6.31. The van der Waals surface area contributed by atoms with Crippen molar-refractivity contribution in [1.82, 2.24) is 10.3 Å². The first-order valence-electron chi connectivity index (χ1n) is 6.38. The van der Waals surface area contributed by atoms with Crippen LogP contribution in [-0.2, 0) is 6.42 Å². The second-order valence-corrected chi connectivity index (χ2v) is 4.86. The summed E-state index contributed by atoms with van der Waals surface area (Å²) in [7, 11) is 0. The highest BCUT2D eigenvalue weighted by Gasteiger charge is 2.16. The lowest BCUT2D eigenvalue weighted by Gasteiger charge is -2.19. The van der Waals surface area contributed by atoms with Gasteiger partial charge in [-0.1, -0.05) is 24.6 Å². The zero-order valence-corrected chi connectivity index (χ0v) is 11.8. The molecule has 5 heteroatoms. The third-order valence-electron chi connectivity index (χ3n) is 3.05. The largest absolute Gasteiger partial charge is 0.310 e. The van der Waals surface area contributed by atoms with Crippen LogP contribution in [-0.4, -0.2) is 11.5 Å². The van der Waals surface area contributed by atoms with Gasteiger partial charge < -0.3 is 5.32 Å². The predicted molar refractivity (Wildman–Crippen MR) is 75.7 cm³/mol. The average Bonchev–Trinajstić information content (AvgIpc) is 2.42. The second-order valence-electron chi connectivity index (χ2n) is 4.45. The monoisotopic (exact) mass is 296 g/mol. The molecule has 1 aromatic carbocycles. The minimum absolute atomic E-state index is 0.238. The fraction of sp³-hybridized carbons (Fsp3) is 0.267. The van der Waals surface area contributed by atoms with Gasteiger partial charge in [0.15, 0.2) is 0 Å². The first-order chi connectivity index (χ1) is 9.61. The maximum absolute atomic E-state index is 13.8. The molecule has 0 saturated carbocycles. The van der Waals surface area contributed by atoms with Crippen LogP contribution in [0.2, 0.25) is 5.02 Å². The molecule has 1 aromatic heterocycles. The van der Waals surface area contributed by atoms with E-state index in [9.17, 15) is 8.78 Å². The van der Waals surface area contributed by atoms with Crippen LogP contribution in [0.3, 0.4) is 0 Å². The van der Waals surface area contributed by atoms with E-state index < -0.39 is 5.82 Å². The molecule has 2 aromatic rings. The van der Waals surface area contributed by atoms with E-state index in [1.807, 2.05) is 6.92 Å². The van der Waals surface area contributed by atoms with E-state index in [1.165, 1.54) is 12.1 Å². The van der Waals surface area contributed by atoms with Crippen molar-refractivity contribution in [3.8, 4) is 0 Å². The second kappa shape index (κ2) is 6.77. The van der Waals surface area contributed by atoms with E-state index in [0.29, 0.717) is 29.1 Å². The van der Waals surface area contributed by atoms with E-state index in [-0.39, 0.29) is 11.9 Å². The summed E-state index contributed by atoms with van der Waals surface area (Å²) >= 11 is 6.04. The Morgan fingerprint density at radius 3 is 2.75 bits per heavy atom. The Labute approximate surface area is 121 Å². The highest BCUT2D eigenvalue weighted by atomic mass is 35.5. The molecule has 1 heterocycles. The molecular weight excluding hydrogens is 282 g/mol. The van der Waals surface area contributed by atoms with Crippen LogP contribution in [0.1, 0.15) is 24.1 Å². The fourth-order valence-corrected chi connectivity index (χ4v) is 2.34. The molecule has 1 unspecified atom stereocenters. The highest BCUT2D eigenvalue weighted by Crippen LogP contribution is 2.25. The lowest BCUT2D eigenvalue weighted by Crippen LogP contribution is -2.23. The molecule has 0 bridgehead atoms. The Bertz CT molecular complexity index is 570. The normalized spacial score (nSPS) is 12.4. The van der Waals surface area contributed by atoms with Crippen LogP contribution in [0.15, 0.2) is 36.7 Å². The molecule has 2 rings (SSSR count). The Hall–Kier alpha value is -1.52. The molecule has 20 heavy (non-hydrogen) atoms. The Balaban J connectivity index is 2.30. The predicted octanol–water partition coefficient (Wildman–Crippen LogP) is 3.91. The summed E-state index contributed by atoms with van der Waals surface area (Å²) in [5.41, 5.74) is 1.09. The molecule has 0 amide bonds. The van der Waals surface area contributed by atoms with Crippen LogP contribution >= 0.6 is 11.6 Å². The molecule has 1 atom stereocenters. The van der Waals surface area contributed by atoms with Gasteiger partial charge in [-0.25, -0.2) is 8.78 Å². The molecule has 0 saturated heterocycles. The van der Waals surface area contributed by atoms with Crippen molar-refractivity contribution in [3.63, 3.8) is 0 Å². The molecule has 106 valence electrons. The van der Waals surface area contributed by atoms with Gasteiger partial charge in [0.1, 0.15) is 11.6 Å². The first-order valence-corrected chi connectivity index (χ1v) is 6.76. The summed E-state index contributed by atoms with van der Waals surface area (Å²) in [6, 6.07) is 5.74. The standard InChI is InChI=1S/C15H15ClF2N2/c1-2-20-15(10-6-11(17)9-19-8-10)7-12-13(16)4-3-5-14(12)18/h3-6,8-9,15,20H,2,7H2,1H3. The van der Waals surface area contributed by atoms with Gasteiger partial charge in [-0.2, -0.15) is 0 Å². The third-order valence-corrected chi connectivity index (χ3v) is 3.40. The number of hydrogen-bond acceptors (Lipinski definition) is 2. The van der Waals surface area contributed by atoms with Crippen LogP contribution in [0.4, 0.5) is 8.78 Å². The minimum Gasteiger partial charge on any atom is -0.310 e. The van der Waals surface area contributed by atoms with Crippen LogP contribution in [0.25, 0.3) is 0 Å². The number of nitrogens with one attached hydrogen (secondary N) is 1. The number of aromatic nitrogens is 1. The lowest BCUT2D eigenvalue weighted by atomic mass is 9.99. The van der Waals surface area contributed by atoms with Gasteiger partial charge in [0.2, 0.25) is 0 Å². The number of nitrogens with zero attached hydrogens (tertiary/aromatic N) is 1. The Kier molecular flexibility index (Phi) is 5.04. The summed E-state index contributed by atoms with van der Waals surface area (Å²) in [4.78, 5) is 3.83. The summed E-state index contributed by atoms with van der Waals surface area (Å²) in [5.74, 6) is -0.769. The third kappa shape index (κ3) is 3.52. The Morgan fingerprint density at radius 2 is 2.10 bits per heavy atom. The average molecular weight is 297 g/mol. The molecule has 0 spiro atoms. The van der Waals surface area contributed by atoms with Crippen LogP contribution in [0, 0.1) is 11.6 Å². The quantitative estimate of drug-likeness (QED) is 0.905. The molecule has 2 nitrogen and oxygen atoms in total. The van der Waals surface area contributed by atoms with Gasteiger partial charge in [0, 0.05) is 22.8 Å². The van der Waals surface area contributed by atoms with Crippen LogP contribution in [0.5, 0.6) is 0 Å². The molecule has 0 aliphatic heterocycles. The maximum Gasteiger partial charge on any atom is 0.141 e. The number of halogens is 3. The number of likely N-dealkylation sites (N-methyl/N-ethyl adjacent to an activating group) is 1. The van der Waals surface area contributed by atoms with Crippen molar-refractivity contribution in [3.05, 3.63) is 64.4 Å². The molecule has 0 fully saturated rings. The van der Waals surface area contributed by atoms with Gasteiger partial charge >= 0.3 is 0 Å². The number of rotatable bonds is 5. The van der Waals surface area contributed by atoms with E-state index in [4.69, 9.17) is 11.6 Å². The Morgan fingerprint density at radius 1 is 1.30 bits per heavy atom. The van der Waals surface area contributed by atoms with Crippen molar-refractivity contribution < 1.29 is 8.78 Å². The summed E-state index contributed by atoms with van der Waals surface area (Å²) in [5, 5.41) is 3.57. The van der Waals surface area contributed by atoms with Crippen molar-refractivity contribution in [2.75, 3.05) is 6.54 Å². The van der Waals surface area contributed by atoms with Gasteiger partial charge in [-0.05, 0) is 36.7 Å². The van der Waals surface area contributed by atoms with Crippen molar-refractivity contribution in [2.45, 2.75) is 19.4 Å². The molecule has 0 radical (unpaired) electrons. The SMILES string of the molecule is CCNC(Cc1c(F)cccc1Cl)c1cncc(F)c1. The van der Waals surface area contributed by atoms with Crippen LogP contribution < -0.4 is 5.32 Å². The van der Waals surface area contributed by atoms with Crippen molar-refractivity contribution in [2.24, 2.45) is 0 Å². The van der Waals surface area contributed by atoms with Gasteiger partial charge in [-0.3, -0.25) is 4.98 Å². The lowest BCUT2D eigenvalue weighted by molar-refractivity contribution is 0.521. The zero-order valence-electron chi connectivity index (χ0n) is 11.0. The fourth-order valence-electron chi connectivity index (χ4n) is 2.10. The maximum atomic E-state index is 13.8. The minimum atomic E-state index is -0.412. The first kappa shape index (κ1) is 14.9. The number of benzene rings is 1. The van der Waals surface area contributed by atoms with Crippen molar-refractivity contribution in [1.29, 1.82) is 0 Å². The van der Waals surface area contributed by atoms with E-state index in [2.05, 4.69) is 10.3 Å². The summed E-state index contributed by atoms with van der Waals surface area (Å²) in [6.07, 6.45) is 3.05. The number of pyridine rings is 1. The van der Waals surface area contributed by atoms with Crippen molar-refractivity contribution >= 4 is 11.6 Å². The summed E-state index contributed by atoms with van der Waals surface area (Å²) in [6.45, 7) is 2.61. The van der Waals surface area contributed by atoms with Gasteiger partial charge in [-0.15, -0.1) is 0 Å². The number of hydrogen-bond donors (Lipinski definition) is 1. The van der Waals surface area contributed by atoms with E-state index in [1.54, 1.807) is 18.3 Å². The molecule has 0 aliphatic rings. The van der Waals surface area contributed by atoms with Gasteiger partial charge in [0.05, 0.1) is 6.20 Å².